The van der Waals surface area contributed by atoms with Crippen LogP contribution in [0.5, 0.6) is 5.75 Å². The van der Waals surface area contributed by atoms with Gasteiger partial charge in [0.25, 0.3) is 13.6 Å². The number of ether oxygens (including phenoxy) is 1. The maximum absolute atomic E-state index is 13.7. The summed E-state index contributed by atoms with van der Waals surface area (Å²) in [6, 6.07) is 17.4. The molecule has 2 heterocycles. The van der Waals surface area contributed by atoms with Crippen molar-refractivity contribution in [3.05, 3.63) is 89.5 Å². The van der Waals surface area contributed by atoms with Gasteiger partial charge in [0.2, 0.25) is 0 Å². The molecule has 1 unspecified atom stereocenters. The van der Waals surface area contributed by atoms with Gasteiger partial charge in [-0.1, -0.05) is 29.4 Å². The van der Waals surface area contributed by atoms with E-state index in [4.69, 9.17) is 19.9 Å². The maximum atomic E-state index is 13.7. The van der Waals surface area contributed by atoms with Gasteiger partial charge in [-0.25, -0.2) is 8.96 Å². The molecule has 0 aliphatic carbocycles. The number of nitrogens with one attached hydrogen (secondary N) is 1. The number of hydrogen-bond donors (Lipinski definition) is 3. The average molecular weight is 514 g/mol. The number of nitrogen functional groups attached to an aromatic ring is 1. The van der Waals surface area contributed by atoms with E-state index >= 15 is 0 Å². The second kappa shape index (κ2) is 10.9. The average Bonchev–Trinajstić information content (AvgIpc) is 3.30. The molecule has 4 aromatic rings. The number of benzene rings is 2. The van der Waals surface area contributed by atoms with Crippen molar-refractivity contribution in [3.8, 4) is 17.1 Å². The molecule has 10 nitrogen and oxygen atoms in total. The number of nitrogens with zero attached hydrogens (tertiary/aromatic N) is 2. The van der Waals surface area contributed by atoms with Gasteiger partial charge in [-0.05, 0) is 29.3 Å². The van der Waals surface area contributed by atoms with E-state index < -0.39 is 14.6 Å². The lowest BCUT2D eigenvalue weighted by Gasteiger charge is -2.14. The number of aromatic nitrogens is 2. The van der Waals surface area contributed by atoms with Crippen LogP contribution in [-0.2, 0) is 28.8 Å². The first-order valence-electron chi connectivity index (χ1n) is 10.8. The molecule has 2 aromatic heterocycles. The summed E-state index contributed by atoms with van der Waals surface area (Å²) >= 11 is 0. The molecule has 188 valence electrons. The van der Waals surface area contributed by atoms with Crippen molar-refractivity contribution in [2.75, 3.05) is 18.2 Å². The van der Waals surface area contributed by atoms with E-state index in [-0.39, 0.29) is 11.6 Å². The lowest BCUT2D eigenvalue weighted by Crippen LogP contribution is -2.38. The molecule has 1 atom stereocenters. The highest BCUT2D eigenvalue weighted by Crippen LogP contribution is 2.30. The minimum atomic E-state index is -4.89. The Hall–Kier alpha value is -3.76. The zero-order valence-electron chi connectivity index (χ0n) is 19.3. The maximum Gasteiger partial charge on any atom is 0.285 e. The van der Waals surface area contributed by atoms with Crippen LogP contribution in [0.15, 0.2) is 71.4 Å². The van der Waals surface area contributed by atoms with E-state index in [1.54, 1.807) is 24.3 Å². The van der Waals surface area contributed by atoms with E-state index in [1.165, 1.54) is 30.0 Å². The Morgan fingerprint density at radius 3 is 2.67 bits per heavy atom. The lowest BCUT2D eigenvalue weighted by molar-refractivity contribution is -0.712. The summed E-state index contributed by atoms with van der Waals surface area (Å²) in [4.78, 5) is 19.7. The first kappa shape index (κ1) is 25.3. The van der Waals surface area contributed by atoms with Crippen LogP contribution >= 0.6 is 7.82 Å². The van der Waals surface area contributed by atoms with Crippen molar-refractivity contribution >= 4 is 19.3 Å². The third kappa shape index (κ3) is 6.67. The molecule has 0 radical (unpaired) electrons. The van der Waals surface area contributed by atoms with Crippen LogP contribution in [0.4, 0.5) is 15.9 Å². The summed E-state index contributed by atoms with van der Waals surface area (Å²) in [6.45, 7) is 0.0297. The molecule has 4 N–H and O–H groups in total. The summed E-state index contributed by atoms with van der Waals surface area (Å²) in [5.41, 5.74) is 9.91. The zero-order valence-corrected chi connectivity index (χ0v) is 20.2. The topological polar surface area (TPSA) is 147 Å². The van der Waals surface area contributed by atoms with Crippen LogP contribution in [0, 0.1) is 5.82 Å². The van der Waals surface area contributed by atoms with E-state index in [9.17, 15) is 13.8 Å². The summed E-state index contributed by atoms with van der Waals surface area (Å²) in [5, 5.41) is 7.28. The van der Waals surface area contributed by atoms with Crippen LogP contribution < -0.4 is 25.2 Å². The van der Waals surface area contributed by atoms with Crippen molar-refractivity contribution in [3.63, 3.8) is 0 Å². The van der Waals surface area contributed by atoms with Crippen molar-refractivity contribution in [2.45, 2.75) is 19.7 Å². The van der Waals surface area contributed by atoms with E-state index in [0.29, 0.717) is 41.4 Å². The van der Waals surface area contributed by atoms with Crippen molar-refractivity contribution in [1.82, 2.24) is 5.16 Å². The predicted molar refractivity (Wildman–Crippen MR) is 127 cm³/mol. The highest BCUT2D eigenvalue weighted by molar-refractivity contribution is 7.44. The third-order valence-corrected chi connectivity index (χ3v) is 5.75. The normalized spacial score (nSPS) is 12.8. The molecular formula is C24H24FN4O6P. The second-order valence-corrected chi connectivity index (χ2v) is 9.11. The van der Waals surface area contributed by atoms with Gasteiger partial charge in [-0.15, -0.1) is 0 Å². The minimum absolute atomic E-state index is 0.182. The van der Waals surface area contributed by atoms with Crippen LogP contribution in [0.25, 0.3) is 11.3 Å². The van der Waals surface area contributed by atoms with Crippen LogP contribution in [-0.4, -0.2) is 17.2 Å². The molecule has 0 fully saturated rings. The number of phosphoric acid groups is 1. The summed E-state index contributed by atoms with van der Waals surface area (Å²) in [7, 11) is -3.40. The highest BCUT2D eigenvalue weighted by atomic mass is 31.2. The monoisotopic (exact) mass is 514 g/mol. The number of methoxy groups -OCH3 is 1. The number of halogens is 1. The number of pyridine rings is 1. The molecule has 0 saturated heterocycles. The summed E-state index contributed by atoms with van der Waals surface area (Å²) in [5.74, 6) is 0.649. The molecule has 12 heteroatoms. The van der Waals surface area contributed by atoms with Gasteiger partial charge in [0.15, 0.2) is 12.5 Å². The molecule has 0 aliphatic heterocycles. The molecule has 36 heavy (non-hydrogen) atoms. The SMILES string of the molecule is COc1cc(F)cc(NCc2ccc(Cc3cc(-c4ccc[n+](COP(=O)([O-])O)c4N)on3)cc2)c1. The fourth-order valence-electron chi connectivity index (χ4n) is 3.51. The summed E-state index contributed by atoms with van der Waals surface area (Å²) in [6.07, 6.45) is 2.02. The van der Waals surface area contributed by atoms with Gasteiger partial charge in [0, 0.05) is 36.9 Å². The first-order chi connectivity index (χ1) is 17.2. The second-order valence-electron chi connectivity index (χ2n) is 7.91. The van der Waals surface area contributed by atoms with E-state index in [0.717, 1.165) is 11.1 Å². The largest absolute Gasteiger partial charge is 0.756 e. The third-order valence-electron chi connectivity index (χ3n) is 5.31. The van der Waals surface area contributed by atoms with E-state index in [1.807, 2.05) is 24.3 Å². The van der Waals surface area contributed by atoms with Gasteiger partial charge >= 0.3 is 0 Å². The first-order valence-corrected chi connectivity index (χ1v) is 12.3. The Labute approximate surface area is 206 Å². The van der Waals surface area contributed by atoms with Gasteiger partial charge in [0.05, 0.1) is 19.0 Å². The van der Waals surface area contributed by atoms with Crippen molar-refractivity contribution in [2.24, 2.45) is 0 Å². The molecular weight excluding hydrogens is 490 g/mol. The fourth-order valence-corrected chi connectivity index (χ4v) is 3.78. The van der Waals surface area contributed by atoms with Gasteiger partial charge < -0.3 is 24.4 Å². The summed E-state index contributed by atoms with van der Waals surface area (Å²) < 4.78 is 40.8. The molecule has 2 aromatic carbocycles. The Balaban J connectivity index is 1.39. The fraction of sp³-hybridized carbons (Fsp3) is 0.167. The van der Waals surface area contributed by atoms with E-state index in [2.05, 4.69) is 15.0 Å². The molecule has 0 aliphatic rings. The van der Waals surface area contributed by atoms with Crippen molar-refractivity contribution < 1.29 is 37.1 Å². The molecule has 0 amide bonds. The quantitative estimate of drug-likeness (QED) is 0.215. The van der Waals surface area contributed by atoms with Crippen LogP contribution in [0.3, 0.4) is 0 Å². The van der Waals surface area contributed by atoms with Crippen LogP contribution in [0.1, 0.15) is 16.8 Å². The number of rotatable bonds is 10. The molecule has 4 rings (SSSR count). The number of anilines is 2. The Bertz CT molecular complexity index is 1390. The minimum Gasteiger partial charge on any atom is -0.756 e. The Morgan fingerprint density at radius 2 is 1.94 bits per heavy atom. The highest BCUT2D eigenvalue weighted by Gasteiger charge is 2.18. The smallest absolute Gasteiger partial charge is 0.285 e. The van der Waals surface area contributed by atoms with Crippen LogP contribution in [0.2, 0.25) is 0 Å². The Morgan fingerprint density at radius 1 is 1.19 bits per heavy atom. The van der Waals surface area contributed by atoms with Crippen molar-refractivity contribution in [1.29, 1.82) is 0 Å². The molecule has 0 saturated carbocycles. The number of hydrogen-bond acceptors (Lipinski definition) is 8. The van der Waals surface area contributed by atoms with Gasteiger partial charge in [-0.3, -0.25) is 14.8 Å². The lowest BCUT2D eigenvalue weighted by atomic mass is 10.1. The van der Waals surface area contributed by atoms with Gasteiger partial charge in [0.1, 0.15) is 17.1 Å². The Kier molecular flexibility index (Phi) is 7.66. The van der Waals surface area contributed by atoms with Gasteiger partial charge in [-0.2, -0.15) is 0 Å². The zero-order chi connectivity index (χ0) is 25.7. The molecule has 0 bridgehead atoms. The number of nitrogens with two attached hydrogens (primary N) is 1. The standard InChI is InChI=1S/C24H24FN4O6P/c1-33-21-11-18(25)10-19(12-21)27-14-17-6-4-16(5-7-17)9-20-13-23(35-28-20)22-3-2-8-29(24(22)26)15-34-36(30,31)32/h2-8,10-13,26-27H,9,14-15H2,1H3,(H2,30,31,32). The number of phosphoric ester groups is 1. The predicted octanol–water partition coefficient (Wildman–Crippen LogP) is 3.00. The molecule has 0 spiro atoms.